The lowest BCUT2D eigenvalue weighted by Crippen LogP contribution is -2.25. The van der Waals surface area contributed by atoms with Crippen LogP contribution >= 0.6 is 17.8 Å². The zero-order valence-corrected chi connectivity index (χ0v) is 14.9. The van der Waals surface area contributed by atoms with Crippen molar-refractivity contribution in [2.75, 3.05) is 6.26 Å². The van der Waals surface area contributed by atoms with E-state index in [9.17, 15) is 0 Å². The van der Waals surface area contributed by atoms with Crippen LogP contribution in [0, 0.1) is 0 Å². The van der Waals surface area contributed by atoms with E-state index in [1.54, 1.807) is 11.8 Å². The average molecular weight is 340 g/mol. The van der Waals surface area contributed by atoms with Crippen LogP contribution in [-0.2, 0) is 11.8 Å². The zero-order valence-electron chi connectivity index (χ0n) is 12.3. The first kappa shape index (κ1) is 15.6. The highest BCUT2D eigenvalue weighted by Gasteiger charge is 2.26. The van der Waals surface area contributed by atoms with E-state index in [0.29, 0.717) is 0 Å². The summed E-state index contributed by atoms with van der Waals surface area (Å²) in [5.41, 5.74) is 0. The number of hydrogen-bond acceptors (Lipinski definition) is 2. The Kier molecular flexibility index (Phi) is 4.83. The second-order valence-electron chi connectivity index (χ2n) is 4.95. The van der Waals surface area contributed by atoms with Crippen molar-refractivity contribution in [3.63, 3.8) is 0 Å². The van der Waals surface area contributed by atoms with Crippen LogP contribution in [0.1, 0.15) is 0 Å². The molecule has 0 amide bonds. The largest absolute Gasteiger partial charge is 0.129 e. The summed E-state index contributed by atoms with van der Waals surface area (Å²) in [6.45, 7) is 0. The Bertz CT molecular complexity index is 754. The fraction of sp³-hybridized carbons (Fsp3) is 0.0526. The summed E-state index contributed by atoms with van der Waals surface area (Å²) in [5.74, 6) is 0. The van der Waals surface area contributed by atoms with Gasteiger partial charge in [-0.15, -0.1) is 11.8 Å². The van der Waals surface area contributed by atoms with E-state index in [1.165, 1.54) is 20.8 Å². The highest BCUT2D eigenvalue weighted by atomic mass is 32.4. The number of benzene rings is 3. The Morgan fingerprint density at radius 3 is 1.64 bits per heavy atom. The van der Waals surface area contributed by atoms with Crippen molar-refractivity contribution in [2.24, 2.45) is 0 Å². The highest BCUT2D eigenvalue weighted by molar-refractivity contribution is 8.25. The molecule has 0 heterocycles. The van der Waals surface area contributed by atoms with Crippen LogP contribution < -0.4 is 15.9 Å². The van der Waals surface area contributed by atoms with Gasteiger partial charge in [-0.1, -0.05) is 90.7 Å². The third-order valence-electron chi connectivity index (χ3n) is 3.66. The molecule has 3 aromatic carbocycles. The maximum absolute atomic E-state index is 6.35. The first-order valence-electron chi connectivity index (χ1n) is 7.11. The maximum Gasteiger partial charge on any atom is 0.0390 e. The van der Waals surface area contributed by atoms with Crippen LogP contribution in [0.15, 0.2) is 89.8 Å². The van der Waals surface area contributed by atoms with Gasteiger partial charge in [-0.3, -0.25) is 0 Å². The topological polar surface area (TPSA) is 0 Å². The van der Waals surface area contributed by atoms with Crippen molar-refractivity contribution < 1.29 is 0 Å². The molecule has 0 nitrogen and oxygen atoms in total. The Hall–Kier alpha value is -1.34. The van der Waals surface area contributed by atoms with Gasteiger partial charge in [0.2, 0.25) is 0 Å². The molecular weight excluding hydrogens is 323 g/mol. The minimum Gasteiger partial charge on any atom is -0.129 e. The second-order valence-corrected chi connectivity index (χ2v) is 10.2. The molecule has 0 unspecified atom stereocenters. The van der Waals surface area contributed by atoms with Crippen molar-refractivity contribution in [3.8, 4) is 0 Å². The van der Waals surface area contributed by atoms with E-state index < -0.39 is 6.04 Å². The number of rotatable bonds is 4. The third kappa shape index (κ3) is 2.79. The standard InChI is InChI=1S/C19H17PS2/c1-22-19-15-9-8-14-18(19)20(21,16-10-4-2-5-11-16)17-12-6-3-7-13-17/h2-15H,1H3. The van der Waals surface area contributed by atoms with Gasteiger partial charge in [0.25, 0.3) is 0 Å². The van der Waals surface area contributed by atoms with Gasteiger partial charge in [-0.25, -0.2) is 0 Å². The first-order chi connectivity index (χ1) is 10.8. The minimum absolute atomic E-state index is 1.25. The van der Waals surface area contributed by atoms with E-state index in [1.807, 2.05) is 0 Å². The van der Waals surface area contributed by atoms with Gasteiger partial charge in [0.15, 0.2) is 0 Å². The minimum atomic E-state index is -2.02. The summed E-state index contributed by atoms with van der Waals surface area (Å²) in [6.07, 6.45) is 2.12. The molecule has 0 atom stereocenters. The third-order valence-corrected chi connectivity index (χ3v) is 9.59. The predicted molar refractivity (Wildman–Crippen MR) is 104 cm³/mol. The van der Waals surface area contributed by atoms with E-state index in [-0.39, 0.29) is 0 Å². The lowest BCUT2D eigenvalue weighted by Gasteiger charge is -2.25. The summed E-state index contributed by atoms with van der Waals surface area (Å²) >= 11 is 8.13. The molecule has 3 aromatic rings. The smallest absolute Gasteiger partial charge is 0.0390 e. The lowest BCUT2D eigenvalue weighted by molar-refractivity contribution is 1.53. The predicted octanol–water partition coefficient (Wildman–Crippen LogP) is 4.16. The number of hydrogen-bond donors (Lipinski definition) is 0. The Morgan fingerprint density at radius 1 is 0.682 bits per heavy atom. The molecule has 0 aliphatic rings. The molecule has 0 N–H and O–H groups in total. The summed E-state index contributed by atoms with van der Waals surface area (Å²) in [7, 11) is 0. The zero-order chi connectivity index (χ0) is 15.4. The molecule has 22 heavy (non-hydrogen) atoms. The van der Waals surface area contributed by atoms with Gasteiger partial charge in [0.1, 0.15) is 0 Å². The summed E-state index contributed by atoms with van der Waals surface area (Å²) in [4.78, 5) is 1.28. The van der Waals surface area contributed by atoms with Crippen LogP contribution in [0.4, 0.5) is 0 Å². The van der Waals surface area contributed by atoms with Gasteiger partial charge < -0.3 is 0 Å². The first-order valence-corrected chi connectivity index (χ1v) is 11.1. The maximum atomic E-state index is 6.35. The Labute approximate surface area is 141 Å². The molecular formula is C19H17PS2. The molecule has 0 aromatic heterocycles. The fourth-order valence-electron chi connectivity index (χ4n) is 2.59. The van der Waals surface area contributed by atoms with Crippen molar-refractivity contribution in [2.45, 2.75) is 4.90 Å². The molecule has 0 radical (unpaired) electrons. The quantitative estimate of drug-likeness (QED) is 0.517. The molecule has 0 bridgehead atoms. The SMILES string of the molecule is CSc1ccccc1P(=S)(c1ccccc1)c1ccccc1. The number of thioether (sulfide) groups is 1. The van der Waals surface area contributed by atoms with E-state index in [2.05, 4.69) is 91.2 Å². The molecule has 3 rings (SSSR count). The van der Waals surface area contributed by atoms with Crippen LogP contribution in [-0.4, -0.2) is 6.26 Å². The van der Waals surface area contributed by atoms with E-state index >= 15 is 0 Å². The van der Waals surface area contributed by atoms with Crippen LogP contribution in [0.2, 0.25) is 0 Å². The van der Waals surface area contributed by atoms with Gasteiger partial charge in [0.05, 0.1) is 0 Å². The second kappa shape index (κ2) is 6.83. The monoisotopic (exact) mass is 340 g/mol. The van der Waals surface area contributed by atoms with Gasteiger partial charge in [-0.2, -0.15) is 0 Å². The van der Waals surface area contributed by atoms with Crippen LogP contribution in [0.3, 0.4) is 0 Å². The average Bonchev–Trinajstić information content (AvgIpc) is 2.62. The normalized spacial score (nSPS) is 11.3. The van der Waals surface area contributed by atoms with Gasteiger partial charge in [-0.05, 0) is 22.9 Å². The van der Waals surface area contributed by atoms with Crippen molar-refractivity contribution in [1.29, 1.82) is 0 Å². The van der Waals surface area contributed by atoms with Crippen LogP contribution in [0.25, 0.3) is 0 Å². The molecule has 0 saturated carbocycles. The summed E-state index contributed by atoms with van der Waals surface area (Å²) in [5, 5.41) is 3.78. The summed E-state index contributed by atoms with van der Waals surface area (Å²) < 4.78 is 0. The molecule has 0 aliphatic carbocycles. The van der Waals surface area contributed by atoms with E-state index in [4.69, 9.17) is 11.8 Å². The molecule has 3 heteroatoms. The molecule has 0 saturated heterocycles. The van der Waals surface area contributed by atoms with Gasteiger partial charge in [0, 0.05) is 16.2 Å². The van der Waals surface area contributed by atoms with Crippen molar-refractivity contribution in [3.05, 3.63) is 84.9 Å². The van der Waals surface area contributed by atoms with E-state index in [0.717, 1.165) is 0 Å². The molecule has 110 valence electrons. The molecule has 0 aliphatic heterocycles. The molecule has 0 spiro atoms. The Balaban J connectivity index is 2.32. The van der Waals surface area contributed by atoms with Crippen molar-refractivity contribution in [1.82, 2.24) is 0 Å². The molecule has 0 fully saturated rings. The highest BCUT2D eigenvalue weighted by Crippen LogP contribution is 2.44. The van der Waals surface area contributed by atoms with Gasteiger partial charge >= 0.3 is 0 Å². The lowest BCUT2D eigenvalue weighted by atomic mass is 10.3. The van der Waals surface area contributed by atoms with Crippen molar-refractivity contribution >= 4 is 45.5 Å². The summed E-state index contributed by atoms with van der Waals surface area (Å²) in [6, 6.07) is 27.7. The van der Waals surface area contributed by atoms with Crippen LogP contribution in [0.5, 0.6) is 0 Å². The fourth-order valence-corrected chi connectivity index (χ4v) is 7.87. The Morgan fingerprint density at radius 2 is 1.14 bits per heavy atom.